The van der Waals surface area contributed by atoms with Gasteiger partial charge in [-0.15, -0.1) is 0 Å². The van der Waals surface area contributed by atoms with Gasteiger partial charge in [0.2, 0.25) is 0 Å². The minimum atomic E-state index is -1.07. The molecule has 0 amide bonds. The molecular formula is C8H10N2O3. The number of carboxylic acid groups (broad SMARTS) is 1. The Hall–Kier alpha value is -1.65. The summed E-state index contributed by atoms with van der Waals surface area (Å²) in [4.78, 5) is 21.7. The van der Waals surface area contributed by atoms with Crippen LogP contribution in [0.4, 0.5) is 0 Å². The number of rotatable bonds is 2. The van der Waals surface area contributed by atoms with E-state index >= 15 is 0 Å². The highest BCUT2D eigenvalue weighted by molar-refractivity contribution is 5.71. The van der Waals surface area contributed by atoms with E-state index in [1.165, 1.54) is 13.0 Å². The van der Waals surface area contributed by atoms with Crippen molar-refractivity contribution in [3.05, 3.63) is 28.2 Å². The van der Waals surface area contributed by atoms with E-state index in [4.69, 9.17) is 5.11 Å². The molecular weight excluding hydrogens is 172 g/mol. The van der Waals surface area contributed by atoms with Gasteiger partial charge >= 0.3 is 5.97 Å². The topological polar surface area (TPSA) is 72.2 Å². The first-order chi connectivity index (χ1) is 6.02. The quantitative estimate of drug-likeness (QED) is 0.709. The van der Waals surface area contributed by atoms with Crippen LogP contribution in [0.3, 0.4) is 0 Å². The standard InChI is InChI=1S/C8H10N2O3/c1-5-3-4-7(11)10(9-5)6(2)8(12)13/h3-4,6H,1-2H3,(H,12,13)/t6-/m1/s1. The summed E-state index contributed by atoms with van der Waals surface area (Å²) in [6, 6.07) is 1.93. The molecule has 1 aromatic heterocycles. The van der Waals surface area contributed by atoms with E-state index in [0.717, 1.165) is 4.68 Å². The van der Waals surface area contributed by atoms with Gasteiger partial charge in [0.25, 0.3) is 5.56 Å². The molecule has 1 atom stereocenters. The molecule has 0 aliphatic rings. The second-order valence-electron chi connectivity index (χ2n) is 2.77. The van der Waals surface area contributed by atoms with Gasteiger partial charge in [0.05, 0.1) is 5.69 Å². The van der Waals surface area contributed by atoms with Crippen LogP contribution in [-0.4, -0.2) is 20.9 Å². The Kier molecular flexibility index (Phi) is 2.46. The molecule has 5 heteroatoms. The zero-order valence-corrected chi connectivity index (χ0v) is 7.39. The Morgan fingerprint density at radius 2 is 2.23 bits per heavy atom. The minimum Gasteiger partial charge on any atom is -0.480 e. The minimum absolute atomic E-state index is 0.402. The fraction of sp³-hybridized carbons (Fsp3) is 0.375. The summed E-state index contributed by atoms with van der Waals surface area (Å²) in [6.07, 6.45) is 0. The summed E-state index contributed by atoms with van der Waals surface area (Å²) in [5, 5.41) is 12.5. The number of aromatic nitrogens is 2. The molecule has 0 fully saturated rings. The highest BCUT2D eigenvalue weighted by Crippen LogP contribution is 1.99. The molecule has 0 spiro atoms. The lowest BCUT2D eigenvalue weighted by Gasteiger charge is -2.08. The molecule has 0 saturated heterocycles. The van der Waals surface area contributed by atoms with E-state index in [0.29, 0.717) is 5.69 Å². The molecule has 0 saturated carbocycles. The lowest BCUT2D eigenvalue weighted by atomic mass is 10.3. The van der Waals surface area contributed by atoms with Crippen molar-refractivity contribution in [1.82, 2.24) is 9.78 Å². The molecule has 0 aliphatic heterocycles. The van der Waals surface area contributed by atoms with Crippen molar-refractivity contribution < 1.29 is 9.90 Å². The predicted octanol–water partition coefficient (Wildman–Crippen LogP) is 0.197. The van der Waals surface area contributed by atoms with Crippen molar-refractivity contribution in [3.63, 3.8) is 0 Å². The number of carboxylic acids is 1. The summed E-state index contributed by atoms with van der Waals surface area (Å²) in [5.74, 6) is -1.07. The largest absolute Gasteiger partial charge is 0.480 e. The van der Waals surface area contributed by atoms with Gasteiger partial charge in [-0.1, -0.05) is 0 Å². The van der Waals surface area contributed by atoms with Crippen LogP contribution in [0.25, 0.3) is 0 Å². The Morgan fingerprint density at radius 1 is 1.62 bits per heavy atom. The van der Waals surface area contributed by atoms with Crippen LogP contribution in [0.15, 0.2) is 16.9 Å². The smallest absolute Gasteiger partial charge is 0.328 e. The molecule has 1 N–H and O–H groups in total. The summed E-state index contributed by atoms with van der Waals surface area (Å²) < 4.78 is 0.956. The van der Waals surface area contributed by atoms with Gasteiger partial charge in [-0.2, -0.15) is 5.10 Å². The summed E-state index contributed by atoms with van der Waals surface area (Å²) in [5.41, 5.74) is 0.216. The first-order valence-corrected chi connectivity index (χ1v) is 3.81. The van der Waals surface area contributed by atoms with E-state index < -0.39 is 17.6 Å². The van der Waals surface area contributed by atoms with Gasteiger partial charge < -0.3 is 5.11 Å². The third kappa shape index (κ3) is 1.93. The Morgan fingerprint density at radius 3 is 2.77 bits per heavy atom. The van der Waals surface area contributed by atoms with Crippen LogP contribution >= 0.6 is 0 Å². The van der Waals surface area contributed by atoms with E-state index in [9.17, 15) is 9.59 Å². The second-order valence-corrected chi connectivity index (χ2v) is 2.77. The SMILES string of the molecule is Cc1ccc(=O)n([C@H](C)C(=O)O)n1. The molecule has 1 aromatic rings. The fourth-order valence-electron chi connectivity index (χ4n) is 0.903. The lowest BCUT2D eigenvalue weighted by Crippen LogP contribution is -2.29. The van der Waals surface area contributed by atoms with E-state index in [1.54, 1.807) is 13.0 Å². The number of hydrogen-bond donors (Lipinski definition) is 1. The van der Waals surface area contributed by atoms with E-state index in [1.807, 2.05) is 0 Å². The second kappa shape index (κ2) is 3.38. The normalized spacial score (nSPS) is 12.5. The summed E-state index contributed by atoms with van der Waals surface area (Å²) in [6.45, 7) is 3.11. The molecule has 13 heavy (non-hydrogen) atoms. The Bertz CT molecular complexity index is 383. The molecule has 1 rings (SSSR count). The number of aryl methyl sites for hydroxylation is 1. The van der Waals surface area contributed by atoms with Crippen LogP contribution < -0.4 is 5.56 Å². The highest BCUT2D eigenvalue weighted by Gasteiger charge is 2.15. The van der Waals surface area contributed by atoms with Gasteiger partial charge in [0.15, 0.2) is 6.04 Å². The maximum absolute atomic E-state index is 11.2. The number of carbonyl (C=O) groups is 1. The fourth-order valence-corrected chi connectivity index (χ4v) is 0.903. The van der Waals surface area contributed by atoms with Crippen molar-refractivity contribution in [3.8, 4) is 0 Å². The van der Waals surface area contributed by atoms with E-state index in [-0.39, 0.29) is 0 Å². The van der Waals surface area contributed by atoms with Gasteiger partial charge in [-0.25, -0.2) is 9.48 Å². The summed E-state index contributed by atoms with van der Waals surface area (Å²) >= 11 is 0. The number of aliphatic carboxylic acids is 1. The maximum atomic E-state index is 11.2. The molecule has 70 valence electrons. The third-order valence-corrected chi connectivity index (χ3v) is 1.68. The molecule has 5 nitrogen and oxygen atoms in total. The van der Waals surface area contributed by atoms with Gasteiger partial charge in [-0.05, 0) is 19.9 Å². The number of nitrogens with zero attached hydrogens (tertiary/aromatic N) is 2. The predicted molar refractivity (Wildman–Crippen MR) is 45.6 cm³/mol. The maximum Gasteiger partial charge on any atom is 0.328 e. The van der Waals surface area contributed by atoms with Crippen LogP contribution in [0, 0.1) is 6.92 Å². The first kappa shape index (κ1) is 9.44. The lowest BCUT2D eigenvalue weighted by molar-refractivity contribution is -0.140. The molecule has 0 radical (unpaired) electrons. The van der Waals surface area contributed by atoms with Gasteiger partial charge in [0, 0.05) is 6.07 Å². The highest BCUT2D eigenvalue weighted by atomic mass is 16.4. The van der Waals surface area contributed by atoms with E-state index in [2.05, 4.69) is 5.10 Å². The van der Waals surface area contributed by atoms with Crippen LogP contribution in [-0.2, 0) is 4.79 Å². The Balaban J connectivity index is 3.21. The molecule has 1 heterocycles. The van der Waals surface area contributed by atoms with Crippen molar-refractivity contribution in [2.45, 2.75) is 19.9 Å². The molecule has 0 aliphatic carbocycles. The van der Waals surface area contributed by atoms with Crippen LogP contribution in [0.1, 0.15) is 18.7 Å². The van der Waals surface area contributed by atoms with Crippen LogP contribution in [0.2, 0.25) is 0 Å². The van der Waals surface area contributed by atoms with Crippen molar-refractivity contribution >= 4 is 5.97 Å². The molecule has 0 aromatic carbocycles. The average molecular weight is 182 g/mol. The van der Waals surface area contributed by atoms with Crippen LogP contribution in [0.5, 0.6) is 0 Å². The molecule has 0 bridgehead atoms. The van der Waals surface area contributed by atoms with Crippen molar-refractivity contribution in [2.24, 2.45) is 0 Å². The monoisotopic (exact) mass is 182 g/mol. The first-order valence-electron chi connectivity index (χ1n) is 3.81. The zero-order valence-electron chi connectivity index (χ0n) is 7.39. The third-order valence-electron chi connectivity index (χ3n) is 1.68. The Labute approximate surface area is 74.6 Å². The summed E-state index contributed by atoms with van der Waals surface area (Å²) in [7, 11) is 0. The molecule has 0 unspecified atom stereocenters. The average Bonchev–Trinajstić information content (AvgIpc) is 2.08. The van der Waals surface area contributed by atoms with Gasteiger partial charge in [0.1, 0.15) is 0 Å². The van der Waals surface area contributed by atoms with Crippen molar-refractivity contribution in [2.75, 3.05) is 0 Å². The zero-order chi connectivity index (χ0) is 10.0. The van der Waals surface area contributed by atoms with Gasteiger partial charge in [-0.3, -0.25) is 4.79 Å². The van der Waals surface area contributed by atoms with Crippen molar-refractivity contribution in [1.29, 1.82) is 0 Å². The number of hydrogen-bond acceptors (Lipinski definition) is 3.